The Morgan fingerprint density at radius 1 is 1.00 bits per heavy atom. The molecule has 1 aliphatic carbocycles. The van der Waals surface area contributed by atoms with E-state index in [-0.39, 0.29) is 5.78 Å². The van der Waals surface area contributed by atoms with Gasteiger partial charge in [0.1, 0.15) is 0 Å². The van der Waals surface area contributed by atoms with Crippen LogP contribution in [-0.4, -0.2) is 22.8 Å². The van der Waals surface area contributed by atoms with Gasteiger partial charge in [-0.15, -0.1) is 0 Å². The molecule has 1 aromatic heterocycles. The molecule has 0 N–H and O–H groups in total. The smallest absolute Gasteiger partial charge is 0.339 e. The summed E-state index contributed by atoms with van der Waals surface area (Å²) in [5.74, 6) is -0.634. The van der Waals surface area contributed by atoms with Crippen molar-refractivity contribution in [1.82, 2.24) is 4.98 Å². The molecule has 0 radical (unpaired) electrons. The van der Waals surface area contributed by atoms with Gasteiger partial charge >= 0.3 is 5.97 Å². The standard InChI is InChI=1S/C24H23NO3/c1-15-11-13-17(14-12-15)23(26)16(2)28-24(27)22-18-7-3-5-9-20(18)25-21-10-6-4-8-19(21)22/h3,5,7,9,11-14,16H,4,6,8,10H2,1-2H3. The van der Waals surface area contributed by atoms with E-state index in [0.29, 0.717) is 11.1 Å². The van der Waals surface area contributed by atoms with Crippen LogP contribution in [0.4, 0.5) is 0 Å². The number of ether oxygens (including phenoxy) is 1. The first-order chi connectivity index (χ1) is 13.5. The Morgan fingerprint density at radius 2 is 1.71 bits per heavy atom. The molecule has 1 unspecified atom stereocenters. The second-order valence-electron chi connectivity index (χ2n) is 7.41. The molecule has 4 heteroatoms. The maximum Gasteiger partial charge on any atom is 0.339 e. The number of aromatic nitrogens is 1. The number of esters is 1. The summed E-state index contributed by atoms with van der Waals surface area (Å²) in [6.07, 6.45) is 2.96. The minimum Gasteiger partial charge on any atom is -0.451 e. The predicted octanol–water partition coefficient (Wildman–Crippen LogP) is 4.85. The number of pyridine rings is 1. The molecule has 4 rings (SSSR count). The number of benzene rings is 2. The summed E-state index contributed by atoms with van der Waals surface area (Å²) in [4.78, 5) is 30.6. The highest BCUT2D eigenvalue weighted by Crippen LogP contribution is 2.30. The maximum absolute atomic E-state index is 13.1. The van der Waals surface area contributed by atoms with Crippen LogP contribution in [0.2, 0.25) is 0 Å². The summed E-state index contributed by atoms with van der Waals surface area (Å²) in [6, 6.07) is 14.9. The number of carbonyl (C=O) groups is 2. The van der Waals surface area contributed by atoms with Crippen molar-refractivity contribution in [3.05, 3.63) is 76.5 Å². The van der Waals surface area contributed by atoms with Crippen molar-refractivity contribution in [2.24, 2.45) is 0 Å². The highest BCUT2D eigenvalue weighted by Gasteiger charge is 2.26. The molecule has 0 fully saturated rings. The lowest BCUT2D eigenvalue weighted by Gasteiger charge is -2.21. The van der Waals surface area contributed by atoms with E-state index < -0.39 is 12.1 Å². The maximum atomic E-state index is 13.1. The first-order valence-electron chi connectivity index (χ1n) is 9.77. The van der Waals surface area contributed by atoms with Gasteiger partial charge in [0.25, 0.3) is 0 Å². The minimum absolute atomic E-state index is 0.194. The number of nitrogens with zero attached hydrogens (tertiary/aromatic N) is 1. The Labute approximate surface area is 164 Å². The fourth-order valence-electron chi connectivity index (χ4n) is 3.83. The van der Waals surface area contributed by atoms with Crippen molar-refractivity contribution < 1.29 is 14.3 Å². The van der Waals surface area contributed by atoms with Crippen LogP contribution in [0.25, 0.3) is 10.9 Å². The lowest BCUT2D eigenvalue weighted by Crippen LogP contribution is -2.26. The number of rotatable bonds is 4. The Balaban J connectivity index is 1.67. The van der Waals surface area contributed by atoms with E-state index in [1.165, 1.54) is 0 Å². The van der Waals surface area contributed by atoms with Crippen molar-refractivity contribution in [2.75, 3.05) is 0 Å². The molecule has 1 atom stereocenters. The van der Waals surface area contributed by atoms with E-state index in [1.807, 2.05) is 43.3 Å². The van der Waals surface area contributed by atoms with Gasteiger partial charge in [-0.3, -0.25) is 9.78 Å². The quantitative estimate of drug-likeness (QED) is 0.484. The van der Waals surface area contributed by atoms with Crippen molar-refractivity contribution in [1.29, 1.82) is 0 Å². The van der Waals surface area contributed by atoms with Crippen LogP contribution in [0, 0.1) is 6.92 Å². The van der Waals surface area contributed by atoms with E-state index in [4.69, 9.17) is 9.72 Å². The molecule has 1 aliphatic rings. The molecule has 0 amide bonds. The average Bonchev–Trinajstić information content (AvgIpc) is 2.71. The van der Waals surface area contributed by atoms with Crippen molar-refractivity contribution in [2.45, 2.75) is 45.6 Å². The number of ketones is 1. The number of hydrogen-bond donors (Lipinski definition) is 0. The van der Waals surface area contributed by atoms with Gasteiger partial charge in [0, 0.05) is 16.6 Å². The van der Waals surface area contributed by atoms with E-state index in [0.717, 1.165) is 53.4 Å². The molecule has 2 aromatic carbocycles. The third kappa shape index (κ3) is 3.42. The molecular formula is C24H23NO3. The number of aryl methyl sites for hydroxylation is 2. The van der Waals surface area contributed by atoms with Crippen LogP contribution >= 0.6 is 0 Å². The molecule has 0 saturated heterocycles. The summed E-state index contributed by atoms with van der Waals surface area (Å²) < 4.78 is 5.64. The minimum atomic E-state index is -0.846. The van der Waals surface area contributed by atoms with Crippen molar-refractivity contribution >= 4 is 22.7 Å². The Bertz CT molecular complexity index is 1050. The fourth-order valence-corrected chi connectivity index (χ4v) is 3.83. The monoisotopic (exact) mass is 373 g/mol. The summed E-state index contributed by atoms with van der Waals surface area (Å²) in [7, 11) is 0. The van der Waals surface area contributed by atoms with E-state index in [1.54, 1.807) is 19.1 Å². The number of para-hydroxylation sites is 1. The largest absolute Gasteiger partial charge is 0.451 e. The Hall–Kier alpha value is -3.01. The first-order valence-corrected chi connectivity index (χ1v) is 9.77. The van der Waals surface area contributed by atoms with Gasteiger partial charge in [0.05, 0.1) is 11.1 Å². The van der Waals surface area contributed by atoms with Crippen LogP contribution in [0.1, 0.15) is 57.3 Å². The summed E-state index contributed by atoms with van der Waals surface area (Å²) >= 11 is 0. The van der Waals surface area contributed by atoms with E-state index >= 15 is 0 Å². The third-order valence-corrected chi connectivity index (χ3v) is 5.36. The number of carbonyl (C=O) groups excluding carboxylic acids is 2. The lowest BCUT2D eigenvalue weighted by atomic mass is 9.90. The van der Waals surface area contributed by atoms with E-state index in [9.17, 15) is 9.59 Å². The average molecular weight is 373 g/mol. The SMILES string of the molecule is Cc1ccc(C(=O)C(C)OC(=O)c2c3c(nc4ccccc24)CCCC3)cc1. The van der Waals surface area contributed by atoms with E-state index in [2.05, 4.69) is 0 Å². The normalized spacial score (nSPS) is 14.4. The van der Waals surface area contributed by atoms with Crippen molar-refractivity contribution in [3.8, 4) is 0 Å². The molecule has 3 aromatic rings. The first kappa shape index (κ1) is 18.4. The molecule has 0 aliphatic heterocycles. The van der Waals surface area contributed by atoms with Crippen LogP contribution in [0.3, 0.4) is 0 Å². The topological polar surface area (TPSA) is 56.3 Å². The van der Waals surface area contributed by atoms with Crippen LogP contribution in [0.15, 0.2) is 48.5 Å². The number of hydrogen-bond acceptors (Lipinski definition) is 4. The molecule has 0 bridgehead atoms. The van der Waals surface area contributed by atoms with Gasteiger partial charge in [-0.2, -0.15) is 0 Å². The van der Waals surface area contributed by atoms with Crippen molar-refractivity contribution in [3.63, 3.8) is 0 Å². The van der Waals surface area contributed by atoms with Gasteiger partial charge in [-0.05, 0) is 51.2 Å². The Morgan fingerprint density at radius 3 is 2.50 bits per heavy atom. The molecule has 4 nitrogen and oxygen atoms in total. The van der Waals surface area contributed by atoms with Gasteiger partial charge in [0.15, 0.2) is 6.10 Å². The van der Waals surface area contributed by atoms with Crippen LogP contribution < -0.4 is 0 Å². The second-order valence-corrected chi connectivity index (χ2v) is 7.41. The molecular weight excluding hydrogens is 350 g/mol. The summed E-state index contributed by atoms with van der Waals surface area (Å²) in [5, 5.41) is 0.795. The highest BCUT2D eigenvalue weighted by atomic mass is 16.5. The molecule has 1 heterocycles. The zero-order valence-corrected chi connectivity index (χ0v) is 16.2. The second kappa shape index (κ2) is 7.55. The fraction of sp³-hybridized carbons (Fsp3) is 0.292. The lowest BCUT2D eigenvalue weighted by molar-refractivity contribution is 0.0319. The van der Waals surface area contributed by atoms with Gasteiger partial charge in [-0.25, -0.2) is 4.79 Å². The van der Waals surface area contributed by atoms with Gasteiger partial charge in [-0.1, -0.05) is 48.0 Å². The van der Waals surface area contributed by atoms with Gasteiger partial charge in [0.2, 0.25) is 5.78 Å². The third-order valence-electron chi connectivity index (χ3n) is 5.36. The molecule has 142 valence electrons. The summed E-state index contributed by atoms with van der Waals surface area (Å²) in [6.45, 7) is 3.60. The molecule has 28 heavy (non-hydrogen) atoms. The Kier molecular flexibility index (Phi) is 4.95. The van der Waals surface area contributed by atoms with Crippen LogP contribution in [-0.2, 0) is 17.6 Å². The highest BCUT2D eigenvalue weighted by molar-refractivity contribution is 6.07. The van der Waals surface area contributed by atoms with Crippen LogP contribution in [0.5, 0.6) is 0 Å². The zero-order valence-electron chi connectivity index (χ0n) is 16.2. The molecule has 0 saturated carbocycles. The van der Waals surface area contributed by atoms with Gasteiger partial charge < -0.3 is 4.74 Å². The predicted molar refractivity (Wildman–Crippen MR) is 109 cm³/mol. The zero-order chi connectivity index (χ0) is 19.7. The number of Topliss-reactive ketones (excluding diaryl/α,β-unsaturated/α-hetero) is 1. The molecule has 0 spiro atoms. The number of fused-ring (bicyclic) bond motifs is 2. The summed E-state index contributed by atoms with van der Waals surface area (Å²) in [5.41, 5.74) is 4.96.